The fourth-order valence-corrected chi connectivity index (χ4v) is 2.37. The minimum absolute atomic E-state index is 0.581. The Morgan fingerprint density at radius 2 is 1.16 bits per heavy atom. The Morgan fingerprint density at radius 1 is 0.789 bits per heavy atom. The van der Waals surface area contributed by atoms with Crippen LogP contribution in [0.2, 0.25) is 0 Å². The zero-order valence-electron chi connectivity index (χ0n) is 11.2. The van der Waals surface area contributed by atoms with Crippen molar-refractivity contribution in [3.05, 3.63) is 71.8 Å². The molecule has 0 bridgehead atoms. The van der Waals surface area contributed by atoms with Gasteiger partial charge in [0.15, 0.2) is 6.29 Å². The van der Waals surface area contributed by atoms with E-state index in [0.717, 1.165) is 11.1 Å². The molecule has 100 valence electrons. The maximum Gasteiger partial charge on any atom is 0.157 e. The molecule has 0 aliphatic carbocycles. The first-order chi connectivity index (χ1) is 9.10. The van der Waals surface area contributed by atoms with Crippen LogP contribution in [0, 0.1) is 5.41 Å². The van der Waals surface area contributed by atoms with E-state index in [2.05, 4.69) is 0 Å². The summed E-state index contributed by atoms with van der Waals surface area (Å²) in [4.78, 5) is 0. The molecule has 2 rings (SSSR count). The minimum atomic E-state index is -1.34. The Bertz CT molecular complexity index is 450. The summed E-state index contributed by atoms with van der Waals surface area (Å²) in [5, 5.41) is 19.5. The second-order valence-electron chi connectivity index (χ2n) is 5.35. The van der Waals surface area contributed by atoms with E-state index in [-0.39, 0.29) is 0 Å². The van der Waals surface area contributed by atoms with Gasteiger partial charge in [-0.25, -0.2) is 0 Å². The molecule has 0 saturated carbocycles. The van der Waals surface area contributed by atoms with Gasteiger partial charge in [-0.05, 0) is 24.0 Å². The van der Waals surface area contributed by atoms with Crippen molar-refractivity contribution in [3.8, 4) is 0 Å². The van der Waals surface area contributed by atoms with Gasteiger partial charge in [-0.15, -0.1) is 0 Å². The van der Waals surface area contributed by atoms with Crippen molar-refractivity contribution in [1.82, 2.24) is 0 Å². The van der Waals surface area contributed by atoms with Crippen LogP contribution >= 0.6 is 0 Å². The second-order valence-corrected chi connectivity index (χ2v) is 5.35. The molecule has 0 fully saturated rings. The normalized spacial score (nSPS) is 11.8. The van der Waals surface area contributed by atoms with Crippen molar-refractivity contribution in [1.29, 1.82) is 0 Å². The summed E-state index contributed by atoms with van der Waals surface area (Å²) in [5.41, 5.74) is 1.66. The lowest BCUT2D eigenvalue weighted by molar-refractivity contribution is -0.128. The lowest BCUT2D eigenvalue weighted by Crippen LogP contribution is -2.36. The molecule has 0 aromatic heterocycles. The smallest absolute Gasteiger partial charge is 0.157 e. The summed E-state index contributed by atoms with van der Waals surface area (Å²) in [6, 6.07) is 19.9. The highest BCUT2D eigenvalue weighted by atomic mass is 16.5. The maximum atomic E-state index is 9.75. The number of aliphatic hydroxyl groups excluding tert-OH is 1. The van der Waals surface area contributed by atoms with Crippen molar-refractivity contribution in [2.45, 2.75) is 26.1 Å². The number of aliphatic hydroxyl groups is 2. The van der Waals surface area contributed by atoms with Gasteiger partial charge < -0.3 is 10.2 Å². The summed E-state index contributed by atoms with van der Waals surface area (Å²) in [7, 11) is 0. The van der Waals surface area contributed by atoms with Gasteiger partial charge in [0, 0.05) is 5.41 Å². The Balaban J connectivity index is 2.18. The number of hydrogen-bond donors (Lipinski definition) is 2. The van der Waals surface area contributed by atoms with Crippen LogP contribution in [0.15, 0.2) is 60.7 Å². The first-order valence-electron chi connectivity index (χ1n) is 6.54. The van der Waals surface area contributed by atoms with Crippen molar-refractivity contribution in [2.75, 3.05) is 0 Å². The molecule has 0 saturated heterocycles. The third kappa shape index (κ3) is 3.66. The molecule has 0 aliphatic rings. The molecule has 0 spiro atoms. The van der Waals surface area contributed by atoms with E-state index in [0.29, 0.717) is 12.8 Å². The molecule has 0 amide bonds. The van der Waals surface area contributed by atoms with E-state index in [9.17, 15) is 10.2 Å². The minimum Gasteiger partial charge on any atom is -0.368 e. The molecule has 2 aromatic rings. The van der Waals surface area contributed by atoms with Crippen molar-refractivity contribution in [2.24, 2.45) is 5.41 Å². The molecule has 2 N–H and O–H groups in total. The van der Waals surface area contributed by atoms with Gasteiger partial charge in [-0.2, -0.15) is 0 Å². The van der Waals surface area contributed by atoms with Crippen molar-refractivity contribution in [3.63, 3.8) is 0 Å². The van der Waals surface area contributed by atoms with Crippen LogP contribution in [-0.2, 0) is 12.8 Å². The Kier molecular flexibility index (Phi) is 4.35. The molecule has 0 aliphatic heterocycles. The van der Waals surface area contributed by atoms with Crippen LogP contribution in [0.3, 0.4) is 0 Å². The Hall–Kier alpha value is -1.64. The summed E-state index contributed by atoms with van der Waals surface area (Å²) < 4.78 is 0. The average molecular weight is 256 g/mol. The lowest BCUT2D eigenvalue weighted by Gasteiger charge is -2.31. The molecule has 0 unspecified atom stereocenters. The standard InChI is InChI=1S/C17H20O2/c1-17(16(18)19,12-14-8-4-2-5-9-14)13-15-10-6-3-7-11-15/h2-11,16,18-19H,12-13H2,1H3. The fraction of sp³-hybridized carbons (Fsp3) is 0.294. The molecule has 0 atom stereocenters. The largest absolute Gasteiger partial charge is 0.368 e. The molecular formula is C17H20O2. The summed E-state index contributed by atoms with van der Waals surface area (Å²) in [5.74, 6) is 0. The summed E-state index contributed by atoms with van der Waals surface area (Å²) in [6.45, 7) is 1.91. The van der Waals surface area contributed by atoms with E-state index in [1.54, 1.807) is 0 Å². The van der Waals surface area contributed by atoms with E-state index in [1.807, 2.05) is 67.6 Å². The Labute approximate surface area is 114 Å². The van der Waals surface area contributed by atoms with Gasteiger partial charge in [0.2, 0.25) is 0 Å². The highest BCUT2D eigenvalue weighted by molar-refractivity contribution is 5.20. The third-order valence-electron chi connectivity index (χ3n) is 3.52. The second kappa shape index (κ2) is 6.00. The van der Waals surface area contributed by atoms with Crippen LogP contribution in [0.4, 0.5) is 0 Å². The van der Waals surface area contributed by atoms with E-state index < -0.39 is 11.7 Å². The van der Waals surface area contributed by atoms with E-state index in [4.69, 9.17) is 0 Å². The van der Waals surface area contributed by atoms with Crippen LogP contribution in [-0.4, -0.2) is 16.5 Å². The molecule has 19 heavy (non-hydrogen) atoms. The van der Waals surface area contributed by atoms with Crippen LogP contribution in [0.25, 0.3) is 0 Å². The molecule has 2 aromatic carbocycles. The predicted molar refractivity (Wildman–Crippen MR) is 76.6 cm³/mol. The quantitative estimate of drug-likeness (QED) is 0.808. The maximum absolute atomic E-state index is 9.75. The lowest BCUT2D eigenvalue weighted by atomic mass is 9.77. The molecule has 0 heterocycles. The highest BCUT2D eigenvalue weighted by Gasteiger charge is 2.32. The van der Waals surface area contributed by atoms with Gasteiger partial charge >= 0.3 is 0 Å². The van der Waals surface area contributed by atoms with Gasteiger partial charge in [-0.3, -0.25) is 0 Å². The molecule has 0 radical (unpaired) electrons. The van der Waals surface area contributed by atoms with Gasteiger partial charge in [0.05, 0.1) is 0 Å². The zero-order valence-corrected chi connectivity index (χ0v) is 11.2. The van der Waals surface area contributed by atoms with Crippen molar-refractivity contribution < 1.29 is 10.2 Å². The molecule has 2 nitrogen and oxygen atoms in total. The number of benzene rings is 2. The van der Waals surface area contributed by atoms with Gasteiger partial charge in [0.1, 0.15) is 0 Å². The van der Waals surface area contributed by atoms with E-state index >= 15 is 0 Å². The summed E-state index contributed by atoms with van der Waals surface area (Å²) >= 11 is 0. The fourth-order valence-electron chi connectivity index (χ4n) is 2.37. The summed E-state index contributed by atoms with van der Waals surface area (Å²) in [6.07, 6.45) is -0.0613. The Morgan fingerprint density at radius 3 is 1.47 bits per heavy atom. The number of rotatable bonds is 5. The third-order valence-corrected chi connectivity index (χ3v) is 3.52. The zero-order chi connectivity index (χ0) is 13.7. The van der Waals surface area contributed by atoms with Crippen LogP contribution < -0.4 is 0 Å². The first kappa shape index (κ1) is 13.8. The monoisotopic (exact) mass is 256 g/mol. The topological polar surface area (TPSA) is 40.5 Å². The van der Waals surface area contributed by atoms with Crippen molar-refractivity contribution >= 4 is 0 Å². The van der Waals surface area contributed by atoms with E-state index in [1.165, 1.54) is 0 Å². The number of hydrogen-bond acceptors (Lipinski definition) is 2. The highest BCUT2D eigenvalue weighted by Crippen LogP contribution is 2.30. The average Bonchev–Trinajstić information content (AvgIpc) is 2.40. The van der Waals surface area contributed by atoms with Gasteiger partial charge in [-0.1, -0.05) is 67.6 Å². The molecule has 2 heteroatoms. The predicted octanol–water partition coefficient (Wildman–Crippen LogP) is 2.79. The SMILES string of the molecule is CC(Cc1ccccc1)(Cc1ccccc1)C(O)O. The van der Waals surface area contributed by atoms with Crippen LogP contribution in [0.5, 0.6) is 0 Å². The van der Waals surface area contributed by atoms with Crippen LogP contribution in [0.1, 0.15) is 18.1 Å². The van der Waals surface area contributed by atoms with Gasteiger partial charge in [0.25, 0.3) is 0 Å². The first-order valence-corrected chi connectivity index (χ1v) is 6.54. The molecular weight excluding hydrogens is 236 g/mol.